The molecule has 0 radical (unpaired) electrons. The van der Waals surface area contributed by atoms with E-state index in [-0.39, 0.29) is 5.41 Å². The highest BCUT2D eigenvalue weighted by Gasteiger charge is 2.32. The van der Waals surface area contributed by atoms with Crippen LogP contribution in [0.5, 0.6) is 5.75 Å². The Hall–Kier alpha value is -2.24. The number of terminal acetylenes is 1. The molecule has 114 valence electrons. The van der Waals surface area contributed by atoms with Crippen molar-refractivity contribution in [3.05, 3.63) is 65.2 Å². The summed E-state index contributed by atoms with van der Waals surface area (Å²) < 4.78 is 5.34. The van der Waals surface area contributed by atoms with Gasteiger partial charge in [0.2, 0.25) is 0 Å². The summed E-state index contributed by atoms with van der Waals surface area (Å²) in [5.74, 6) is 3.09. The number of ether oxygens (including phenoxy) is 1. The highest BCUT2D eigenvalue weighted by Crippen LogP contribution is 2.36. The van der Waals surface area contributed by atoms with E-state index in [1.807, 2.05) is 36.4 Å². The van der Waals surface area contributed by atoms with Crippen molar-refractivity contribution in [1.29, 1.82) is 0 Å². The lowest BCUT2D eigenvalue weighted by atomic mass is 9.82. The van der Waals surface area contributed by atoms with Crippen LogP contribution in [0.2, 0.25) is 0 Å². The molecule has 2 aromatic rings. The van der Waals surface area contributed by atoms with Crippen LogP contribution in [-0.4, -0.2) is 12.2 Å². The third-order valence-corrected chi connectivity index (χ3v) is 3.87. The van der Waals surface area contributed by atoms with Gasteiger partial charge in [-0.1, -0.05) is 69.2 Å². The molecule has 2 rings (SSSR count). The van der Waals surface area contributed by atoms with E-state index in [1.165, 1.54) is 5.56 Å². The summed E-state index contributed by atoms with van der Waals surface area (Å²) in [5, 5.41) is 11.1. The SMILES string of the molecule is C#CC(O)(c1ccc(C(C)(C)C)cc1)c1ccccc1OC. The molecule has 1 unspecified atom stereocenters. The third kappa shape index (κ3) is 2.86. The Morgan fingerprint density at radius 2 is 1.50 bits per heavy atom. The van der Waals surface area contributed by atoms with E-state index in [1.54, 1.807) is 19.2 Å². The highest BCUT2D eigenvalue weighted by atomic mass is 16.5. The van der Waals surface area contributed by atoms with Gasteiger partial charge in [0, 0.05) is 11.1 Å². The number of aliphatic hydroxyl groups is 1. The minimum atomic E-state index is -1.51. The Morgan fingerprint density at radius 1 is 0.955 bits per heavy atom. The quantitative estimate of drug-likeness (QED) is 0.871. The first-order valence-electron chi connectivity index (χ1n) is 7.27. The van der Waals surface area contributed by atoms with Gasteiger partial charge in [-0.25, -0.2) is 0 Å². The van der Waals surface area contributed by atoms with Crippen molar-refractivity contribution in [2.75, 3.05) is 7.11 Å². The van der Waals surface area contributed by atoms with Gasteiger partial charge < -0.3 is 9.84 Å². The van der Waals surface area contributed by atoms with Gasteiger partial charge in [0.1, 0.15) is 5.75 Å². The average molecular weight is 294 g/mol. The van der Waals surface area contributed by atoms with E-state index in [2.05, 4.69) is 26.7 Å². The Balaban J connectivity index is 2.54. The van der Waals surface area contributed by atoms with Crippen LogP contribution in [0.3, 0.4) is 0 Å². The van der Waals surface area contributed by atoms with Gasteiger partial charge in [-0.2, -0.15) is 0 Å². The molecule has 0 heterocycles. The van der Waals surface area contributed by atoms with Gasteiger partial charge in [0.05, 0.1) is 7.11 Å². The number of hydrogen-bond donors (Lipinski definition) is 1. The minimum absolute atomic E-state index is 0.0528. The maximum atomic E-state index is 11.1. The average Bonchev–Trinajstić information content (AvgIpc) is 2.53. The molecule has 0 aromatic heterocycles. The normalized spacial score (nSPS) is 14.0. The molecule has 0 fully saturated rings. The molecular weight excluding hydrogens is 272 g/mol. The number of benzene rings is 2. The summed E-state index contributed by atoms with van der Waals surface area (Å²) >= 11 is 0. The zero-order chi connectivity index (χ0) is 16.4. The summed E-state index contributed by atoms with van der Waals surface area (Å²) in [6, 6.07) is 15.0. The van der Waals surface area contributed by atoms with Crippen LogP contribution in [-0.2, 0) is 11.0 Å². The Kier molecular flexibility index (Phi) is 4.30. The van der Waals surface area contributed by atoms with Crippen molar-refractivity contribution >= 4 is 0 Å². The molecular formula is C20H22O2. The molecule has 1 atom stereocenters. The molecule has 0 aliphatic heterocycles. The van der Waals surface area contributed by atoms with Gasteiger partial charge >= 0.3 is 0 Å². The van der Waals surface area contributed by atoms with E-state index in [0.717, 1.165) is 0 Å². The van der Waals surface area contributed by atoms with Crippen LogP contribution in [0.15, 0.2) is 48.5 Å². The van der Waals surface area contributed by atoms with Crippen LogP contribution < -0.4 is 4.74 Å². The second kappa shape index (κ2) is 5.87. The Morgan fingerprint density at radius 3 is 2.00 bits per heavy atom. The van der Waals surface area contributed by atoms with Crippen LogP contribution >= 0.6 is 0 Å². The third-order valence-electron chi connectivity index (χ3n) is 3.87. The fourth-order valence-corrected chi connectivity index (χ4v) is 2.47. The van der Waals surface area contributed by atoms with Gasteiger partial charge in [-0.05, 0) is 17.0 Å². The predicted octanol–water partition coefficient (Wildman–Crippen LogP) is 3.86. The summed E-state index contributed by atoms with van der Waals surface area (Å²) in [6.45, 7) is 6.45. The lowest BCUT2D eigenvalue weighted by Crippen LogP contribution is -2.26. The molecule has 2 aromatic carbocycles. The van der Waals surface area contributed by atoms with E-state index >= 15 is 0 Å². The lowest BCUT2D eigenvalue weighted by Gasteiger charge is -2.26. The van der Waals surface area contributed by atoms with E-state index < -0.39 is 5.60 Å². The first kappa shape index (κ1) is 16.1. The summed E-state index contributed by atoms with van der Waals surface area (Å²) in [7, 11) is 1.57. The molecule has 0 spiro atoms. The second-order valence-corrected chi connectivity index (χ2v) is 6.38. The minimum Gasteiger partial charge on any atom is -0.496 e. The molecule has 0 saturated heterocycles. The van der Waals surface area contributed by atoms with Gasteiger partial charge in [-0.15, -0.1) is 6.42 Å². The molecule has 22 heavy (non-hydrogen) atoms. The molecule has 0 saturated carbocycles. The van der Waals surface area contributed by atoms with E-state index in [9.17, 15) is 5.11 Å². The predicted molar refractivity (Wildman–Crippen MR) is 90.0 cm³/mol. The standard InChI is InChI=1S/C20H22O2/c1-6-20(21,17-9-7-8-10-18(17)22-5)16-13-11-15(12-14-16)19(2,3)4/h1,7-14,21H,2-5H3. The fourth-order valence-electron chi connectivity index (χ4n) is 2.47. The van der Waals surface area contributed by atoms with Crippen molar-refractivity contribution in [2.45, 2.75) is 31.8 Å². The topological polar surface area (TPSA) is 29.5 Å². The number of hydrogen-bond acceptors (Lipinski definition) is 2. The van der Waals surface area contributed by atoms with Crippen LogP contribution in [0.25, 0.3) is 0 Å². The second-order valence-electron chi connectivity index (χ2n) is 6.38. The molecule has 0 amide bonds. The van der Waals surface area contributed by atoms with E-state index in [4.69, 9.17) is 11.2 Å². The molecule has 2 nitrogen and oxygen atoms in total. The Bertz CT molecular complexity index is 687. The number of para-hydroxylation sites is 1. The first-order valence-corrected chi connectivity index (χ1v) is 7.27. The zero-order valence-corrected chi connectivity index (χ0v) is 13.6. The van der Waals surface area contributed by atoms with Crippen LogP contribution in [0, 0.1) is 12.3 Å². The number of methoxy groups -OCH3 is 1. The van der Waals surface area contributed by atoms with Crippen molar-refractivity contribution in [1.82, 2.24) is 0 Å². The molecule has 0 bridgehead atoms. The zero-order valence-electron chi connectivity index (χ0n) is 13.6. The number of rotatable bonds is 3. The van der Waals surface area contributed by atoms with Gasteiger partial charge in [-0.3, -0.25) is 0 Å². The largest absolute Gasteiger partial charge is 0.496 e. The summed E-state index contributed by atoms with van der Waals surface area (Å²) in [5.41, 5.74) is 0.965. The van der Waals surface area contributed by atoms with Crippen LogP contribution in [0.4, 0.5) is 0 Å². The molecule has 1 N–H and O–H groups in total. The van der Waals surface area contributed by atoms with Crippen LogP contribution in [0.1, 0.15) is 37.5 Å². The van der Waals surface area contributed by atoms with Crippen molar-refractivity contribution < 1.29 is 9.84 Å². The van der Waals surface area contributed by atoms with Gasteiger partial charge in [0.15, 0.2) is 5.60 Å². The highest BCUT2D eigenvalue weighted by molar-refractivity contribution is 5.50. The first-order chi connectivity index (χ1) is 10.3. The monoisotopic (exact) mass is 294 g/mol. The molecule has 2 heteroatoms. The van der Waals surface area contributed by atoms with Gasteiger partial charge in [0.25, 0.3) is 0 Å². The fraction of sp³-hybridized carbons (Fsp3) is 0.300. The maximum absolute atomic E-state index is 11.1. The van der Waals surface area contributed by atoms with Crippen molar-refractivity contribution in [3.8, 4) is 18.1 Å². The summed E-state index contributed by atoms with van der Waals surface area (Å²) in [4.78, 5) is 0. The van der Waals surface area contributed by atoms with E-state index in [0.29, 0.717) is 16.9 Å². The van der Waals surface area contributed by atoms with Crippen molar-refractivity contribution in [3.63, 3.8) is 0 Å². The maximum Gasteiger partial charge on any atom is 0.180 e. The molecule has 0 aliphatic carbocycles. The summed E-state index contributed by atoms with van der Waals surface area (Å²) in [6.07, 6.45) is 5.66. The smallest absolute Gasteiger partial charge is 0.180 e. The van der Waals surface area contributed by atoms with Crippen molar-refractivity contribution in [2.24, 2.45) is 0 Å². The lowest BCUT2D eigenvalue weighted by molar-refractivity contribution is 0.141. The molecule has 0 aliphatic rings. The Labute approximate surface area is 132 Å².